The Morgan fingerprint density at radius 1 is 1.45 bits per heavy atom. The fourth-order valence-corrected chi connectivity index (χ4v) is 2.58. The third-order valence-corrected chi connectivity index (χ3v) is 4.00. The molecule has 1 fully saturated rings. The molecule has 2 rings (SSSR count). The van der Waals surface area contributed by atoms with Crippen molar-refractivity contribution >= 4 is 5.97 Å². The summed E-state index contributed by atoms with van der Waals surface area (Å²) in [5, 5.41) is 17.1. The van der Waals surface area contributed by atoms with Crippen LogP contribution < -0.4 is 4.74 Å². The van der Waals surface area contributed by atoms with E-state index in [1.165, 1.54) is 12.8 Å². The standard InChI is InChI=1S/C14H21N3O3/c1-9-10(2)15-16-13(12(9)14(18)19)20-8-6-11-5-4-7-17(11)3/h11H,4-8H2,1-3H3,(H,18,19). The van der Waals surface area contributed by atoms with Gasteiger partial charge in [0, 0.05) is 6.04 Å². The maximum Gasteiger partial charge on any atom is 0.341 e. The second kappa shape index (κ2) is 6.17. The highest BCUT2D eigenvalue weighted by Crippen LogP contribution is 2.22. The summed E-state index contributed by atoms with van der Waals surface area (Å²) >= 11 is 0. The average molecular weight is 279 g/mol. The lowest BCUT2D eigenvalue weighted by Gasteiger charge is -2.19. The van der Waals surface area contributed by atoms with Crippen LogP contribution in [-0.2, 0) is 0 Å². The zero-order valence-electron chi connectivity index (χ0n) is 12.2. The van der Waals surface area contributed by atoms with Crippen molar-refractivity contribution in [2.24, 2.45) is 0 Å². The minimum Gasteiger partial charge on any atom is -0.477 e. The van der Waals surface area contributed by atoms with Crippen LogP contribution in [0.25, 0.3) is 0 Å². The van der Waals surface area contributed by atoms with Crippen LogP contribution in [0.1, 0.15) is 40.9 Å². The number of rotatable bonds is 5. The summed E-state index contributed by atoms with van der Waals surface area (Å²) in [6.45, 7) is 5.05. The first-order valence-corrected chi connectivity index (χ1v) is 6.91. The van der Waals surface area contributed by atoms with Gasteiger partial charge in [-0.1, -0.05) is 0 Å². The van der Waals surface area contributed by atoms with Crippen molar-refractivity contribution in [3.05, 3.63) is 16.8 Å². The highest BCUT2D eigenvalue weighted by molar-refractivity contribution is 5.91. The average Bonchev–Trinajstić information content (AvgIpc) is 2.79. The number of carboxylic acids is 1. The molecule has 1 aromatic heterocycles. The third-order valence-electron chi connectivity index (χ3n) is 4.00. The van der Waals surface area contributed by atoms with Gasteiger partial charge >= 0.3 is 5.97 Å². The minimum absolute atomic E-state index is 0.122. The van der Waals surface area contributed by atoms with Gasteiger partial charge in [0.15, 0.2) is 0 Å². The van der Waals surface area contributed by atoms with E-state index in [-0.39, 0.29) is 11.4 Å². The molecule has 1 unspecified atom stereocenters. The largest absolute Gasteiger partial charge is 0.477 e. The number of aromatic nitrogens is 2. The van der Waals surface area contributed by atoms with E-state index in [1.807, 2.05) is 0 Å². The molecule has 1 N–H and O–H groups in total. The van der Waals surface area contributed by atoms with E-state index in [0.717, 1.165) is 13.0 Å². The smallest absolute Gasteiger partial charge is 0.341 e. The fraction of sp³-hybridized carbons (Fsp3) is 0.643. The number of aromatic carboxylic acids is 1. The molecule has 6 nitrogen and oxygen atoms in total. The van der Waals surface area contributed by atoms with Gasteiger partial charge in [-0.3, -0.25) is 0 Å². The molecule has 0 aliphatic carbocycles. The van der Waals surface area contributed by atoms with E-state index < -0.39 is 5.97 Å². The highest BCUT2D eigenvalue weighted by atomic mass is 16.5. The van der Waals surface area contributed by atoms with Crippen LogP contribution in [-0.4, -0.2) is 52.4 Å². The first-order valence-electron chi connectivity index (χ1n) is 6.91. The number of carbonyl (C=O) groups is 1. The molecule has 110 valence electrons. The fourth-order valence-electron chi connectivity index (χ4n) is 2.58. The number of hydrogen-bond acceptors (Lipinski definition) is 5. The molecule has 6 heteroatoms. The number of nitrogens with zero attached hydrogens (tertiary/aromatic N) is 3. The number of ether oxygens (including phenoxy) is 1. The van der Waals surface area contributed by atoms with Gasteiger partial charge in [0.1, 0.15) is 5.56 Å². The van der Waals surface area contributed by atoms with Gasteiger partial charge in [0.25, 0.3) is 0 Å². The molecular formula is C14H21N3O3. The second-order valence-electron chi connectivity index (χ2n) is 5.31. The van der Waals surface area contributed by atoms with Crippen molar-refractivity contribution in [2.75, 3.05) is 20.2 Å². The number of likely N-dealkylation sites (tertiary alicyclic amines) is 1. The molecule has 1 aliphatic rings. The van der Waals surface area contributed by atoms with Crippen LogP contribution in [0.2, 0.25) is 0 Å². The Hall–Kier alpha value is -1.69. The van der Waals surface area contributed by atoms with Gasteiger partial charge in [-0.15, -0.1) is 5.10 Å². The Bertz CT molecular complexity index is 505. The molecule has 0 saturated carbocycles. The molecule has 1 saturated heterocycles. The molecule has 20 heavy (non-hydrogen) atoms. The number of carboxylic acid groups (broad SMARTS) is 1. The van der Waals surface area contributed by atoms with Crippen LogP contribution in [0.15, 0.2) is 0 Å². The summed E-state index contributed by atoms with van der Waals surface area (Å²) in [6.07, 6.45) is 3.26. The lowest BCUT2D eigenvalue weighted by Crippen LogP contribution is -2.26. The minimum atomic E-state index is -1.02. The summed E-state index contributed by atoms with van der Waals surface area (Å²) in [5.41, 5.74) is 1.35. The molecule has 0 aromatic carbocycles. The maximum atomic E-state index is 11.3. The molecule has 0 spiro atoms. The normalized spacial score (nSPS) is 19.2. The van der Waals surface area contributed by atoms with Crippen molar-refractivity contribution in [1.29, 1.82) is 0 Å². The lowest BCUT2D eigenvalue weighted by molar-refractivity contribution is 0.0689. The van der Waals surface area contributed by atoms with E-state index in [4.69, 9.17) is 4.74 Å². The Balaban J connectivity index is 2.02. The van der Waals surface area contributed by atoms with Crippen LogP contribution >= 0.6 is 0 Å². The van der Waals surface area contributed by atoms with E-state index in [9.17, 15) is 9.90 Å². The Morgan fingerprint density at radius 3 is 2.80 bits per heavy atom. The predicted octanol–water partition coefficient (Wildman–Crippen LogP) is 1.65. The second-order valence-corrected chi connectivity index (χ2v) is 5.31. The summed E-state index contributed by atoms with van der Waals surface area (Å²) in [6, 6.07) is 0.516. The predicted molar refractivity (Wildman–Crippen MR) is 74.2 cm³/mol. The monoisotopic (exact) mass is 279 g/mol. The van der Waals surface area contributed by atoms with E-state index >= 15 is 0 Å². The molecule has 1 atom stereocenters. The molecule has 1 aromatic rings. The number of hydrogen-bond donors (Lipinski definition) is 1. The summed E-state index contributed by atoms with van der Waals surface area (Å²) < 4.78 is 5.56. The molecule has 0 radical (unpaired) electrons. The molecular weight excluding hydrogens is 258 g/mol. The first kappa shape index (κ1) is 14.7. The molecule has 0 bridgehead atoms. The van der Waals surface area contributed by atoms with Gasteiger partial charge in [0.2, 0.25) is 5.88 Å². The maximum absolute atomic E-state index is 11.3. The van der Waals surface area contributed by atoms with Gasteiger partial charge in [-0.05, 0) is 52.3 Å². The Kier molecular flexibility index (Phi) is 4.54. The highest BCUT2D eigenvalue weighted by Gasteiger charge is 2.22. The van der Waals surface area contributed by atoms with Crippen molar-refractivity contribution in [3.8, 4) is 5.88 Å². The van der Waals surface area contributed by atoms with E-state index in [0.29, 0.717) is 23.9 Å². The first-order chi connectivity index (χ1) is 9.50. The SMILES string of the molecule is Cc1nnc(OCCC2CCCN2C)c(C(=O)O)c1C. The van der Waals surface area contributed by atoms with Crippen molar-refractivity contribution in [2.45, 2.75) is 39.2 Å². The van der Waals surface area contributed by atoms with E-state index in [1.54, 1.807) is 13.8 Å². The zero-order valence-corrected chi connectivity index (χ0v) is 12.2. The van der Waals surface area contributed by atoms with Gasteiger partial charge < -0.3 is 14.7 Å². The van der Waals surface area contributed by atoms with Crippen LogP contribution in [0.4, 0.5) is 0 Å². The summed E-state index contributed by atoms with van der Waals surface area (Å²) in [4.78, 5) is 13.6. The molecule has 1 aliphatic heterocycles. The zero-order chi connectivity index (χ0) is 14.7. The number of aryl methyl sites for hydroxylation is 1. The van der Waals surface area contributed by atoms with Crippen LogP contribution in [0, 0.1) is 13.8 Å². The molecule has 0 amide bonds. The van der Waals surface area contributed by atoms with Gasteiger partial charge in [-0.25, -0.2) is 4.79 Å². The van der Waals surface area contributed by atoms with Crippen LogP contribution in [0.5, 0.6) is 5.88 Å². The Labute approximate surface area is 118 Å². The van der Waals surface area contributed by atoms with Gasteiger partial charge in [-0.2, -0.15) is 5.10 Å². The quantitative estimate of drug-likeness (QED) is 0.883. The summed E-state index contributed by atoms with van der Waals surface area (Å²) in [5.74, 6) is -0.894. The summed E-state index contributed by atoms with van der Waals surface area (Å²) in [7, 11) is 2.11. The van der Waals surface area contributed by atoms with Crippen molar-refractivity contribution in [1.82, 2.24) is 15.1 Å². The third kappa shape index (κ3) is 3.07. The van der Waals surface area contributed by atoms with Gasteiger partial charge in [0.05, 0.1) is 12.3 Å². The molecule has 2 heterocycles. The van der Waals surface area contributed by atoms with Crippen LogP contribution in [0.3, 0.4) is 0 Å². The topological polar surface area (TPSA) is 75.6 Å². The Morgan fingerprint density at radius 2 is 2.20 bits per heavy atom. The van der Waals surface area contributed by atoms with Crippen molar-refractivity contribution in [3.63, 3.8) is 0 Å². The lowest BCUT2D eigenvalue weighted by atomic mass is 10.1. The van der Waals surface area contributed by atoms with E-state index in [2.05, 4.69) is 22.1 Å². The van der Waals surface area contributed by atoms with Crippen molar-refractivity contribution < 1.29 is 14.6 Å².